The minimum absolute atomic E-state index is 0.0439. The van der Waals surface area contributed by atoms with Crippen LogP contribution in [0.2, 0.25) is 0 Å². The molecule has 3 rings (SSSR count). The van der Waals surface area contributed by atoms with Gasteiger partial charge in [0.05, 0.1) is 18.5 Å². The van der Waals surface area contributed by atoms with Crippen LogP contribution in [-0.4, -0.2) is 50.1 Å². The molecule has 0 saturated heterocycles. The quantitative estimate of drug-likeness (QED) is 0.307. The Bertz CT molecular complexity index is 1540. The molecule has 0 aliphatic heterocycles. The number of hydrogen-bond acceptors (Lipinski definition) is 8. The summed E-state index contributed by atoms with van der Waals surface area (Å²) in [6, 6.07) is 6.75. The molecular formula is C28H38N6O5S. The maximum Gasteiger partial charge on any atom is 0.272 e. The molecule has 0 bridgehead atoms. The van der Waals surface area contributed by atoms with Crippen LogP contribution >= 0.6 is 0 Å². The molecule has 2 aromatic heterocycles. The first kappa shape index (κ1) is 30.6. The molecule has 0 aliphatic carbocycles. The lowest BCUT2D eigenvalue weighted by atomic mass is 9.86. The summed E-state index contributed by atoms with van der Waals surface area (Å²) in [7, 11) is 2.31. The van der Waals surface area contributed by atoms with Crippen molar-refractivity contribution in [1.82, 2.24) is 19.3 Å². The maximum absolute atomic E-state index is 13.7. The lowest BCUT2D eigenvalue weighted by Gasteiger charge is -2.23. The van der Waals surface area contributed by atoms with Crippen LogP contribution in [0.15, 0.2) is 41.4 Å². The summed E-state index contributed by atoms with van der Waals surface area (Å²) >= 11 is 0. The number of aryl methyl sites for hydroxylation is 1. The lowest BCUT2D eigenvalue weighted by Crippen LogP contribution is -2.23. The van der Waals surface area contributed by atoms with Gasteiger partial charge in [-0.2, -0.15) is 4.98 Å². The van der Waals surface area contributed by atoms with Crippen molar-refractivity contribution in [2.45, 2.75) is 51.3 Å². The number of carbonyl (C=O) groups is 1. The fraction of sp³-hybridized carbons (Fsp3) is 0.393. The second kappa shape index (κ2) is 12.1. The summed E-state index contributed by atoms with van der Waals surface area (Å²) in [4.78, 5) is 22.1. The van der Waals surface area contributed by atoms with Crippen LogP contribution in [0.1, 0.15) is 61.9 Å². The number of methoxy groups -OCH3 is 1. The monoisotopic (exact) mass is 570 g/mol. The zero-order valence-corrected chi connectivity index (χ0v) is 25.3. The van der Waals surface area contributed by atoms with Crippen molar-refractivity contribution >= 4 is 33.3 Å². The van der Waals surface area contributed by atoms with Crippen LogP contribution in [-0.2, 0) is 28.9 Å². The van der Waals surface area contributed by atoms with Gasteiger partial charge in [-0.15, -0.1) is 0 Å². The molecule has 216 valence electrons. The average Bonchev–Trinajstić information content (AvgIpc) is 3.26. The van der Waals surface area contributed by atoms with Gasteiger partial charge >= 0.3 is 0 Å². The fourth-order valence-electron chi connectivity index (χ4n) is 4.19. The van der Waals surface area contributed by atoms with E-state index in [2.05, 4.69) is 25.3 Å². The van der Waals surface area contributed by atoms with Gasteiger partial charge in [-0.3, -0.25) is 4.79 Å². The first-order chi connectivity index (χ1) is 18.8. The molecule has 0 unspecified atom stereocenters. The molecule has 40 heavy (non-hydrogen) atoms. The number of benzene rings is 1. The highest BCUT2D eigenvalue weighted by Gasteiger charge is 2.28. The Morgan fingerprint density at radius 2 is 1.88 bits per heavy atom. The molecule has 0 spiro atoms. The highest BCUT2D eigenvalue weighted by atomic mass is 32.2. The van der Waals surface area contributed by atoms with E-state index in [1.165, 1.54) is 14.2 Å². The van der Waals surface area contributed by atoms with Crippen molar-refractivity contribution < 1.29 is 22.7 Å². The van der Waals surface area contributed by atoms with Crippen LogP contribution in [0.3, 0.4) is 0 Å². The number of nitrogens with one attached hydrogen (secondary N) is 3. The van der Waals surface area contributed by atoms with E-state index in [0.29, 0.717) is 35.4 Å². The van der Waals surface area contributed by atoms with E-state index >= 15 is 0 Å². The molecule has 3 aromatic rings. The van der Waals surface area contributed by atoms with Crippen LogP contribution in [0.25, 0.3) is 5.76 Å². The van der Waals surface area contributed by atoms with Gasteiger partial charge < -0.3 is 24.7 Å². The molecule has 0 fully saturated rings. The third-order valence-corrected chi connectivity index (χ3v) is 7.84. The molecule has 2 heterocycles. The van der Waals surface area contributed by atoms with Crippen LogP contribution in [0.5, 0.6) is 11.6 Å². The summed E-state index contributed by atoms with van der Waals surface area (Å²) in [5.74, 6) is 0.900. The molecule has 11 nitrogen and oxygen atoms in total. The predicted molar refractivity (Wildman–Crippen MR) is 157 cm³/mol. The SMILES string of the molecule is C/C=C(/Oc1ccnc(NC)n1)c1c(CC)cc(C(=O)Nc2cc(C(C)(C)C)cc(S(=O)(=O)NC)c2OC)n1C. The van der Waals surface area contributed by atoms with E-state index in [1.807, 2.05) is 40.7 Å². The van der Waals surface area contributed by atoms with E-state index < -0.39 is 21.3 Å². The number of carbonyl (C=O) groups excluding carboxylic acids is 1. The standard InChI is InChI=1S/C28H38N6O5S/c1-10-17-14-20(34(8)24(17)21(11-2)39-23-12-13-31-27(29-6)33-23)26(35)32-19-15-18(28(3,4)5)16-22(25(19)38-9)40(36,37)30-7/h11-16,30H,10H2,1-9H3,(H,32,35)(H,29,31,33)/b21-11+. The van der Waals surface area contributed by atoms with Crippen molar-refractivity contribution in [3.05, 3.63) is 59.1 Å². The normalized spacial score (nSPS) is 12.3. The summed E-state index contributed by atoms with van der Waals surface area (Å²) in [6.07, 6.45) is 4.03. The summed E-state index contributed by atoms with van der Waals surface area (Å²) < 4.78 is 41.4. The summed E-state index contributed by atoms with van der Waals surface area (Å²) in [5.41, 5.74) is 2.52. The number of hydrogen-bond donors (Lipinski definition) is 3. The molecule has 0 aliphatic rings. The zero-order valence-electron chi connectivity index (χ0n) is 24.5. The smallest absolute Gasteiger partial charge is 0.272 e. The Morgan fingerprint density at radius 1 is 1.18 bits per heavy atom. The molecule has 12 heteroatoms. The molecular weight excluding hydrogens is 532 g/mol. The predicted octanol–water partition coefficient (Wildman–Crippen LogP) is 4.33. The number of sulfonamides is 1. The van der Waals surface area contributed by atoms with E-state index in [9.17, 15) is 13.2 Å². The number of amides is 1. The Kier molecular flexibility index (Phi) is 9.26. The third-order valence-electron chi connectivity index (χ3n) is 6.42. The number of aromatic nitrogens is 3. The van der Waals surface area contributed by atoms with Crippen molar-refractivity contribution in [1.29, 1.82) is 0 Å². The van der Waals surface area contributed by atoms with Crippen LogP contribution in [0.4, 0.5) is 11.6 Å². The Labute approximate surface area is 236 Å². The molecule has 3 N–H and O–H groups in total. The largest absolute Gasteiger partial charge is 0.493 e. The fourth-order valence-corrected chi connectivity index (χ4v) is 5.13. The van der Waals surface area contributed by atoms with Gasteiger partial charge in [-0.1, -0.05) is 27.7 Å². The third kappa shape index (κ3) is 6.28. The van der Waals surface area contributed by atoms with Gasteiger partial charge in [0.1, 0.15) is 16.3 Å². The zero-order chi connectivity index (χ0) is 29.8. The van der Waals surface area contributed by atoms with Crippen molar-refractivity contribution in [2.24, 2.45) is 7.05 Å². The molecule has 1 amide bonds. The van der Waals surface area contributed by atoms with E-state index in [0.717, 1.165) is 11.1 Å². The maximum atomic E-state index is 13.7. The Hall–Kier alpha value is -3.90. The number of rotatable bonds is 10. The van der Waals surface area contributed by atoms with Crippen molar-refractivity contribution in [3.8, 4) is 11.6 Å². The number of anilines is 2. The summed E-state index contributed by atoms with van der Waals surface area (Å²) in [5, 5.41) is 5.77. The van der Waals surface area contributed by atoms with Gasteiger partial charge in [0, 0.05) is 26.4 Å². The van der Waals surface area contributed by atoms with E-state index in [-0.39, 0.29) is 16.3 Å². The number of allylic oxidation sites excluding steroid dienone is 1. The number of ether oxygens (including phenoxy) is 2. The van der Waals surface area contributed by atoms with Gasteiger partial charge in [0.2, 0.25) is 21.9 Å². The highest BCUT2D eigenvalue weighted by molar-refractivity contribution is 7.89. The second-order valence-electron chi connectivity index (χ2n) is 10.0. The number of nitrogens with zero attached hydrogens (tertiary/aromatic N) is 3. The van der Waals surface area contributed by atoms with Gasteiger partial charge in [-0.25, -0.2) is 18.1 Å². The highest BCUT2D eigenvalue weighted by Crippen LogP contribution is 2.38. The average molecular weight is 571 g/mol. The van der Waals surface area contributed by atoms with Crippen molar-refractivity contribution in [2.75, 3.05) is 31.8 Å². The topological polar surface area (TPSA) is 136 Å². The first-order valence-electron chi connectivity index (χ1n) is 12.8. The molecule has 0 saturated carbocycles. The molecule has 1 aromatic carbocycles. The van der Waals surface area contributed by atoms with Crippen LogP contribution < -0.4 is 24.8 Å². The summed E-state index contributed by atoms with van der Waals surface area (Å²) in [6.45, 7) is 9.71. The molecule has 0 radical (unpaired) electrons. The van der Waals surface area contributed by atoms with Gasteiger partial charge in [-0.05, 0) is 61.2 Å². The van der Waals surface area contributed by atoms with Gasteiger partial charge in [0.25, 0.3) is 5.91 Å². The van der Waals surface area contributed by atoms with Gasteiger partial charge in [0.15, 0.2) is 5.75 Å². The Balaban J connectivity index is 2.08. The van der Waals surface area contributed by atoms with E-state index in [4.69, 9.17) is 9.47 Å². The van der Waals surface area contributed by atoms with Crippen LogP contribution in [0, 0.1) is 0 Å². The molecule has 0 atom stereocenters. The lowest BCUT2D eigenvalue weighted by molar-refractivity contribution is 0.101. The first-order valence-corrected chi connectivity index (χ1v) is 14.3. The Morgan fingerprint density at radius 3 is 2.42 bits per heavy atom. The van der Waals surface area contributed by atoms with Crippen molar-refractivity contribution in [3.63, 3.8) is 0 Å². The van der Waals surface area contributed by atoms with E-state index in [1.54, 1.807) is 49.1 Å². The minimum Gasteiger partial charge on any atom is -0.493 e. The second-order valence-corrected chi connectivity index (χ2v) is 11.9. The minimum atomic E-state index is -3.88.